The molecule has 0 unspecified atom stereocenters. The van der Waals surface area contributed by atoms with Gasteiger partial charge < -0.3 is 15.8 Å². The number of rotatable bonds is 5. The fourth-order valence-electron chi connectivity index (χ4n) is 1.76. The van der Waals surface area contributed by atoms with Gasteiger partial charge in [-0.15, -0.1) is 0 Å². The third-order valence-electron chi connectivity index (χ3n) is 2.70. The summed E-state index contributed by atoms with van der Waals surface area (Å²) in [6.07, 6.45) is 0.607. The van der Waals surface area contributed by atoms with E-state index < -0.39 is 0 Å². The maximum absolute atomic E-state index is 13.5. The first-order valence-electron chi connectivity index (χ1n) is 5.76. The number of nitrogens with zero attached hydrogens (tertiary/aromatic N) is 1. The lowest BCUT2D eigenvalue weighted by atomic mass is 10.1. The summed E-state index contributed by atoms with van der Waals surface area (Å²) in [5.74, 6) is -0.268. The standard InChI is InChI=1S/C12H15ClFN3O/c13-9-2-1-8(11(14)5-9)3-4-16-6-10-7-18-12(15)17-10/h1-2,5,10,16H,3-4,6-7H2,(H2,15,17)/t10-/m0/s1. The number of halogens is 2. The van der Waals surface area contributed by atoms with Gasteiger partial charge in [-0.2, -0.15) is 0 Å². The van der Waals surface area contributed by atoms with Crippen molar-refractivity contribution in [1.29, 1.82) is 0 Å². The van der Waals surface area contributed by atoms with Crippen LogP contribution in [0.3, 0.4) is 0 Å². The minimum atomic E-state index is -0.268. The molecule has 4 nitrogen and oxygen atoms in total. The summed E-state index contributed by atoms with van der Waals surface area (Å²) in [7, 11) is 0. The van der Waals surface area contributed by atoms with Crippen LogP contribution in [-0.4, -0.2) is 31.8 Å². The molecular formula is C12H15ClFN3O. The van der Waals surface area contributed by atoms with Crippen molar-refractivity contribution in [3.8, 4) is 0 Å². The van der Waals surface area contributed by atoms with Crippen molar-refractivity contribution in [2.24, 2.45) is 10.7 Å². The molecule has 98 valence electrons. The van der Waals surface area contributed by atoms with Crippen molar-refractivity contribution in [2.75, 3.05) is 19.7 Å². The van der Waals surface area contributed by atoms with Crippen LogP contribution >= 0.6 is 11.6 Å². The first-order chi connectivity index (χ1) is 8.65. The maximum atomic E-state index is 13.5. The van der Waals surface area contributed by atoms with Gasteiger partial charge in [-0.1, -0.05) is 17.7 Å². The molecule has 2 rings (SSSR count). The number of hydrogen-bond acceptors (Lipinski definition) is 4. The molecule has 0 amide bonds. The second-order valence-corrected chi connectivity index (χ2v) is 4.56. The van der Waals surface area contributed by atoms with E-state index in [-0.39, 0.29) is 17.9 Å². The average molecular weight is 272 g/mol. The Morgan fingerprint density at radius 2 is 2.39 bits per heavy atom. The average Bonchev–Trinajstić information content (AvgIpc) is 2.73. The summed E-state index contributed by atoms with van der Waals surface area (Å²) >= 11 is 5.68. The van der Waals surface area contributed by atoms with E-state index in [1.54, 1.807) is 12.1 Å². The number of nitrogens with one attached hydrogen (secondary N) is 1. The highest BCUT2D eigenvalue weighted by Crippen LogP contribution is 2.14. The lowest BCUT2D eigenvalue weighted by Gasteiger charge is -2.08. The Bertz CT molecular complexity index is 453. The van der Waals surface area contributed by atoms with Crippen molar-refractivity contribution in [2.45, 2.75) is 12.5 Å². The fourth-order valence-corrected chi connectivity index (χ4v) is 1.92. The number of ether oxygens (including phenoxy) is 1. The van der Waals surface area contributed by atoms with Crippen LogP contribution in [0.15, 0.2) is 23.2 Å². The van der Waals surface area contributed by atoms with Crippen LogP contribution in [-0.2, 0) is 11.2 Å². The number of hydrogen-bond donors (Lipinski definition) is 2. The van der Waals surface area contributed by atoms with Crippen LogP contribution in [0, 0.1) is 5.82 Å². The molecule has 1 heterocycles. The molecule has 0 saturated heterocycles. The molecule has 1 aromatic carbocycles. The van der Waals surface area contributed by atoms with Gasteiger partial charge in [0, 0.05) is 11.6 Å². The Morgan fingerprint density at radius 1 is 1.56 bits per heavy atom. The zero-order valence-corrected chi connectivity index (χ0v) is 10.6. The van der Waals surface area contributed by atoms with E-state index in [1.165, 1.54) is 6.07 Å². The van der Waals surface area contributed by atoms with Gasteiger partial charge >= 0.3 is 0 Å². The summed E-state index contributed by atoms with van der Waals surface area (Å²) in [6, 6.07) is 5.02. The zero-order valence-electron chi connectivity index (χ0n) is 9.83. The fraction of sp³-hybridized carbons (Fsp3) is 0.417. The topological polar surface area (TPSA) is 59.6 Å². The van der Waals surface area contributed by atoms with Gasteiger partial charge in [-0.05, 0) is 30.7 Å². The summed E-state index contributed by atoms with van der Waals surface area (Å²) in [5, 5.41) is 3.61. The zero-order chi connectivity index (χ0) is 13.0. The van der Waals surface area contributed by atoms with Gasteiger partial charge in [0.05, 0.1) is 0 Å². The van der Waals surface area contributed by atoms with Crippen LogP contribution in [0.5, 0.6) is 0 Å². The van der Waals surface area contributed by atoms with Gasteiger partial charge in [0.15, 0.2) is 0 Å². The second kappa shape index (κ2) is 6.02. The Hall–Kier alpha value is -1.33. The van der Waals surface area contributed by atoms with Crippen molar-refractivity contribution in [3.63, 3.8) is 0 Å². The number of nitrogens with two attached hydrogens (primary N) is 1. The van der Waals surface area contributed by atoms with Crippen LogP contribution in [0.1, 0.15) is 5.56 Å². The van der Waals surface area contributed by atoms with Crippen LogP contribution < -0.4 is 11.1 Å². The van der Waals surface area contributed by atoms with Crippen LogP contribution in [0.25, 0.3) is 0 Å². The van der Waals surface area contributed by atoms with Crippen LogP contribution in [0.2, 0.25) is 5.02 Å². The lowest BCUT2D eigenvalue weighted by molar-refractivity contribution is 0.309. The summed E-state index contributed by atoms with van der Waals surface area (Å²) in [6.45, 7) is 1.86. The summed E-state index contributed by atoms with van der Waals surface area (Å²) < 4.78 is 18.5. The lowest BCUT2D eigenvalue weighted by Crippen LogP contribution is -2.28. The number of aliphatic imine (C=N–C) groups is 1. The largest absolute Gasteiger partial charge is 0.463 e. The molecule has 0 spiro atoms. The Kier molecular flexibility index (Phi) is 4.38. The van der Waals surface area contributed by atoms with Gasteiger partial charge in [0.25, 0.3) is 6.02 Å². The summed E-state index contributed by atoms with van der Waals surface area (Å²) in [5.41, 5.74) is 6.04. The van der Waals surface area contributed by atoms with Crippen molar-refractivity contribution >= 4 is 17.6 Å². The molecule has 1 atom stereocenters. The predicted molar refractivity (Wildman–Crippen MR) is 69.3 cm³/mol. The molecule has 0 fully saturated rings. The number of benzene rings is 1. The third-order valence-corrected chi connectivity index (χ3v) is 2.93. The Morgan fingerprint density at radius 3 is 3.06 bits per heavy atom. The van der Waals surface area contributed by atoms with E-state index in [0.717, 1.165) is 0 Å². The van der Waals surface area contributed by atoms with Gasteiger partial charge in [0.1, 0.15) is 18.5 Å². The first-order valence-corrected chi connectivity index (χ1v) is 6.13. The molecule has 1 aliphatic rings. The van der Waals surface area contributed by atoms with Crippen molar-refractivity contribution < 1.29 is 9.13 Å². The van der Waals surface area contributed by atoms with E-state index in [9.17, 15) is 4.39 Å². The molecule has 0 saturated carbocycles. The maximum Gasteiger partial charge on any atom is 0.282 e. The SMILES string of the molecule is NC1=N[C@@H](CNCCc2ccc(Cl)cc2F)CO1. The normalized spacial score (nSPS) is 18.6. The quantitative estimate of drug-likeness (QED) is 0.794. The molecule has 18 heavy (non-hydrogen) atoms. The van der Waals surface area contributed by atoms with E-state index in [1.807, 2.05) is 0 Å². The molecule has 6 heteroatoms. The van der Waals surface area contributed by atoms with E-state index >= 15 is 0 Å². The van der Waals surface area contributed by atoms with E-state index in [0.29, 0.717) is 36.7 Å². The Labute approximate surface area is 110 Å². The van der Waals surface area contributed by atoms with Gasteiger partial charge in [-0.25, -0.2) is 9.38 Å². The third kappa shape index (κ3) is 3.58. The first kappa shape index (κ1) is 13.1. The highest BCUT2D eigenvalue weighted by Gasteiger charge is 2.15. The molecular weight excluding hydrogens is 257 g/mol. The second-order valence-electron chi connectivity index (χ2n) is 4.12. The summed E-state index contributed by atoms with van der Waals surface area (Å²) in [4.78, 5) is 4.08. The molecule has 0 radical (unpaired) electrons. The van der Waals surface area contributed by atoms with Crippen LogP contribution in [0.4, 0.5) is 4.39 Å². The monoisotopic (exact) mass is 271 g/mol. The predicted octanol–water partition coefficient (Wildman–Crippen LogP) is 1.32. The molecule has 1 aromatic rings. The van der Waals surface area contributed by atoms with E-state index in [4.69, 9.17) is 22.1 Å². The Balaban J connectivity index is 1.72. The van der Waals surface area contributed by atoms with Gasteiger partial charge in [-0.3, -0.25) is 0 Å². The molecule has 0 aliphatic carbocycles. The molecule has 0 bridgehead atoms. The minimum absolute atomic E-state index is 0.0556. The van der Waals surface area contributed by atoms with Gasteiger partial charge in [0.2, 0.25) is 0 Å². The van der Waals surface area contributed by atoms with Crippen molar-refractivity contribution in [3.05, 3.63) is 34.6 Å². The minimum Gasteiger partial charge on any atom is -0.463 e. The molecule has 0 aromatic heterocycles. The van der Waals surface area contributed by atoms with E-state index in [2.05, 4.69) is 10.3 Å². The number of amidine groups is 1. The molecule has 1 aliphatic heterocycles. The smallest absolute Gasteiger partial charge is 0.282 e. The van der Waals surface area contributed by atoms with Crippen molar-refractivity contribution in [1.82, 2.24) is 5.32 Å². The highest BCUT2D eigenvalue weighted by molar-refractivity contribution is 6.30. The highest BCUT2D eigenvalue weighted by atomic mass is 35.5. The molecule has 3 N–H and O–H groups in total.